The average molecular weight is 586 g/mol. The normalized spacial score (nSPS) is 16.3. The molecule has 1 heterocycles. The van der Waals surface area contributed by atoms with Crippen LogP contribution in [0, 0.1) is 24.7 Å². The van der Waals surface area contributed by atoms with Crippen molar-refractivity contribution >= 4 is 41.1 Å². The Balaban J connectivity index is 1.89. The van der Waals surface area contributed by atoms with E-state index < -0.39 is 18.0 Å². The average Bonchev–Trinajstić information content (AvgIpc) is 3.21. The minimum Gasteiger partial charge on any atom is -0.352 e. The molecule has 6 amide bonds. The van der Waals surface area contributed by atoms with E-state index in [1.165, 1.54) is 4.90 Å². The summed E-state index contributed by atoms with van der Waals surface area (Å²) in [6.07, 6.45) is 3.74. The SMILES string of the molecule is CCC1CC(=O)N(CCCCCC(=O)N[C@H](C(=O)C[C@@H](CCCNC(N)=O)C(=O)Nc2ccc(C)cc2)C(C)C)C1=O. The highest BCUT2D eigenvalue weighted by molar-refractivity contribution is 6.03. The summed E-state index contributed by atoms with van der Waals surface area (Å²) in [5, 5.41) is 8.21. The summed E-state index contributed by atoms with van der Waals surface area (Å²) in [6.45, 7) is 8.17. The van der Waals surface area contributed by atoms with E-state index in [-0.39, 0.29) is 67.1 Å². The number of unbranched alkanes of at least 4 members (excludes halogenated alkanes) is 2. The first-order valence-corrected chi connectivity index (χ1v) is 15.0. The molecule has 5 N–H and O–H groups in total. The summed E-state index contributed by atoms with van der Waals surface area (Å²) in [4.78, 5) is 75.9. The summed E-state index contributed by atoms with van der Waals surface area (Å²) in [6, 6.07) is 5.94. The van der Waals surface area contributed by atoms with Crippen molar-refractivity contribution < 1.29 is 28.8 Å². The van der Waals surface area contributed by atoms with Crippen LogP contribution in [0.1, 0.15) is 84.1 Å². The fraction of sp³-hybridized carbons (Fsp3) is 0.613. The summed E-state index contributed by atoms with van der Waals surface area (Å²) in [7, 11) is 0. The lowest BCUT2D eigenvalue weighted by Gasteiger charge is -2.24. The van der Waals surface area contributed by atoms with E-state index in [0.717, 1.165) is 5.56 Å². The molecule has 1 unspecified atom stereocenters. The molecule has 0 aromatic heterocycles. The number of nitrogens with two attached hydrogens (primary N) is 1. The zero-order valence-electron chi connectivity index (χ0n) is 25.4. The Morgan fingerprint density at radius 3 is 2.31 bits per heavy atom. The Hall–Kier alpha value is -3.76. The quantitative estimate of drug-likeness (QED) is 0.152. The molecule has 1 fully saturated rings. The molecule has 11 heteroatoms. The van der Waals surface area contributed by atoms with Crippen LogP contribution in [-0.4, -0.2) is 59.5 Å². The van der Waals surface area contributed by atoms with E-state index in [1.54, 1.807) is 12.1 Å². The van der Waals surface area contributed by atoms with Crippen molar-refractivity contribution in [3.63, 3.8) is 0 Å². The number of benzene rings is 1. The van der Waals surface area contributed by atoms with Gasteiger partial charge in [0, 0.05) is 49.9 Å². The van der Waals surface area contributed by atoms with Crippen LogP contribution in [0.5, 0.6) is 0 Å². The van der Waals surface area contributed by atoms with Crippen molar-refractivity contribution in [3.05, 3.63) is 29.8 Å². The van der Waals surface area contributed by atoms with Gasteiger partial charge < -0.3 is 21.7 Å². The molecule has 1 saturated heterocycles. The van der Waals surface area contributed by atoms with Crippen LogP contribution in [0.2, 0.25) is 0 Å². The summed E-state index contributed by atoms with van der Waals surface area (Å²) in [5.74, 6) is -2.08. The molecule has 2 rings (SSSR count). The predicted molar refractivity (Wildman–Crippen MR) is 160 cm³/mol. The van der Waals surface area contributed by atoms with Crippen LogP contribution in [0.15, 0.2) is 24.3 Å². The number of aryl methyl sites for hydroxylation is 1. The third-order valence-corrected chi connectivity index (χ3v) is 7.61. The van der Waals surface area contributed by atoms with Crippen molar-refractivity contribution in [2.45, 2.75) is 91.5 Å². The molecule has 0 aliphatic carbocycles. The minimum atomic E-state index is -0.748. The van der Waals surface area contributed by atoms with Crippen LogP contribution >= 0.6 is 0 Å². The van der Waals surface area contributed by atoms with Gasteiger partial charge in [-0.25, -0.2) is 4.79 Å². The lowest BCUT2D eigenvalue weighted by molar-refractivity contribution is -0.139. The van der Waals surface area contributed by atoms with Crippen molar-refractivity contribution in [1.29, 1.82) is 0 Å². The van der Waals surface area contributed by atoms with Gasteiger partial charge >= 0.3 is 6.03 Å². The van der Waals surface area contributed by atoms with Crippen LogP contribution < -0.4 is 21.7 Å². The van der Waals surface area contributed by atoms with Gasteiger partial charge in [-0.15, -0.1) is 0 Å². The Labute approximate surface area is 248 Å². The van der Waals surface area contributed by atoms with Crippen molar-refractivity contribution in [2.75, 3.05) is 18.4 Å². The van der Waals surface area contributed by atoms with E-state index >= 15 is 0 Å². The van der Waals surface area contributed by atoms with E-state index in [1.807, 2.05) is 39.8 Å². The third-order valence-electron chi connectivity index (χ3n) is 7.61. The zero-order valence-corrected chi connectivity index (χ0v) is 25.4. The summed E-state index contributed by atoms with van der Waals surface area (Å²) >= 11 is 0. The number of carbonyl (C=O) groups excluding carboxylic acids is 6. The van der Waals surface area contributed by atoms with Crippen molar-refractivity contribution in [2.24, 2.45) is 23.5 Å². The van der Waals surface area contributed by atoms with Crippen LogP contribution in [0.25, 0.3) is 0 Å². The third kappa shape index (κ3) is 11.3. The smallest absolute Gasteiger partial charge is 0.312 e. The van der Waals surface area contributed by atoms with Gasteiger partial charge in [-0.1, -0.05) is 44.9 Å². The number of primary amides is 1. The van der Waals surface area contributed by atoms with Crippen LogP contribution in [0.4, 0.5) is 10.5 Å². The number of nitrogens with zero attached hydrogens (tertiary/aromatic N) is 1. The second kappa shape index (κ2) is 17.3. The molecule has 1 aliphatic rings. The van der Waals surface area contributed by atoms with Gasteiger partial charge in [0.25, 0.3) is 0 Å². The number of hydrogen-bond acceptors (Lipinski definition) is 6. The van der Waals surface area contributed by atoms with Gasteiger partial charge in [0.05, 0.1) is 6.04 Å². The van der Waals surface area contributed by atoms with E-state index in [9.17, 15) is 28.8 Å². The van der Waals surface area contributed by atoms with Gasteiger partial charge in [0.1, 0.15) is 0 Å². The Bertz CT molecular complexity index is 1100. The maximum atomic E-state index is 13.4. The molecule has 1 aromatic carbocycles. The Kier molecular flexibility index (Phi) is 14.1. The second-order valence-electron chi connectivity index (χ2n) is 11.4. The number of hydrogen-bond donors (Lipinski definition) is 4. The number of rotatable bonds is 18. The lowest BCUT2D eigenvalue weighted by Crippen LogP contribution is -2.45. The van der Waals surface area contributed by atoms with Gasteiger partial charge in [-0.05, 0) is 57.1 Å². The first-order valence-electron chi connectivity index (χ1n) is 15.0. The molecule has 0 saturated carbocycles. The number of nitrogens with one attached hydrogen (secondary N) is 3. The number of Topliss-reactive ketones (excluding diaryl/α,β-unsaturated/α-hetero) is 1. The first kappa shape index (κ1) is 34.4. The standard InChI is InChI=1S/C31H47N5O6/c1-5-22-19-27(39)36(30(22)41)17-8-6-7-11-26(38)35-28(20(2)3)25(37)18-23(10-9-16-33-31(32)42)29(40)34-24-14-12-21(4)13-15-24/h12-15,20,22-23,28H,5-11,16-19H2,1-4H3,(H,34,40)(H,35,38)(H3,32,33,42)/t22?,23-,28+/m1/s1. The summed E-state index contributed by atoms with van der Waals surface area (Å²) in [5.41, 5.74) is 6.80. The minimum absolute atomic E-state index is 0.0615. The summed E-state index contributed by atoms with van der Waals surface area (Å²) < 4.78 is 0. The largest absolute Gasteiger partial charge is 0.352 e. The van der Waals surface area contributed by atoms with Crippen LogP contribution in [-0.2, 0) is 24.0 Å². The van der Waals surface area contributed by atoms with Gasteiger partial charge in [-0.2, -0.15) is 0 Å². The lowest BCUT2D eigenvalue weighted by atomic mass is 9.89. The Morgan fingerprint density at radius 2 is 1.71 bits per heavy atom. The van der Waals surface area contributed by atoms with Gasteiger partial charge in [0.15, 0.2) is 5.78 Å². The predicted octanol–water partition coefficient (Wildman–Crippen LogP) is 3.44. The van der Waals surface area contributed by atoms with Crippen LogP contribution in [0.3, 0.4) is 0 Å². The maximum Gasteiger partial charge on any atom is 0.312 e. The molecule has 232 valence electrons. The van der Waals surface area contributed by atoms with E-state index in [0.29, 0.717) is 50.8 Å². The maximum absolute atomic E-state index is 13.4. The number of anilines is 1. The first-order chi connectivity index (χ1) is 19.9. The fourth-order valence-corrected chi connectivity index (χ4v) is 5.04. The molecular weight excluding hydrogens is 538 g/mol. The number of ketones is 1. The number of imide groups is 1. The number of amides is 6. The topological polar surface area (TPSA) is 168 Å². The highest BCUT2D eigenvalue weighted by Gasteiger charge is 2.36. The van der Waals surface area contributed by atoms with Crippen molar-refractivity contribution in [1.82, 2.24) is 15.5 Å². The number of urea groups is 1. The molecule has 0 spiro atoms. The number of likely N-dealkylation sites (tertiary alicyclic amines) is 1. The number of carbonyl (C=O) groups is 6. The monoisotopic (exact) mass is 585 g/mol. The molecule has 0 radical (unpaired) electrons. The molecule has 1 aromatic rings. The van der Waals surface area contributed by atoms with Gasteiger partial charge in [-0.3, -0.25) is 28.9 Å². The van der Waals surface area contributed by atoms with E-state index in [4.69, 9.17) is 5.73 Å². The molecule has 42 heavy (non-hydrogen) atoms. The van der Waals surface area contributed by atoms with E-state index in [2.05, 4.69) is 16.0 Å². The highest BCUT2D eigenvalue weighted by atomic mass is 16.2. The molecular formula is C31H47N5O6. The highest BCUT2D eigenvalue weighted by Crippen LogP contribution is 2.23. The molecule has 1 aliphatic heterocycles. The van der Waals surface area contributed by atoms with Gasteiger partial charge in [0.2, 0.25) is 23.6 Å². The molecule has 3 atom stereocenters. The second-order valence-corrected chi connectivity index (χ2v) is 11.4. The van der Waals surface area contributed by atoms with Crippen molar-refractivity contribution in [3.8, 4) is 0 Å². The zero-order chi connectivity index (χ0) is 31.2. The fourth-order valence-electron chi connectivity index (χ4n) is 5.04. The Morgan fingerprint density at radius 1 is 1.02 bits per heavy atom. The molecule has 11 nitrogen and oxygen atoms in total. The molecule has 0 bridgehead atoms.